The van der Waals surface area contributed by atoms with Crippen LogP contribution in [0.15, 0.2) is 71.9 Å². The molecule has 0 aliphatic rings. The molecule has 162 valence electrons. The average Bonchev–Trinajstić information content (AvgIpc) is 2.78. The molecule has 0 unspecified atom stereocenters. The zero-order valence-corrected chi connectivity index (χ0v) is 18.0. The Kier molecular flexibility index (Phi) is 7.09. The highest BCUT2D eigenvalue weighted by Crippen LogP contribution is 2.29. The van der Waals surface area contributed by atoms with Crippen LogP contribution >= 0.6 is 0 Å². The standard InChI is InChI=1S/C22H23N3O5S/c1-29-20-10-5-16(12-21(20)30-2)15-31(27,28)19-8-6-18(7-9-19)25-22(26)24-14-17-4-3-11-23-13-17/h3-13H,14-15H2,1-2H3,(H2,24,25,26). The average molecular weight is 442 g/mol. The number of methoxy groups -OCH3 is 2. The minimum Gasteiger partial charge on any atom is -0.493 e. The maximum absolute atomic E-state index is 12.8. The lowest BCUT2D eigenvalue weighted by atomic mass is 10.2. The number of benzene rings is 2. The molecule has 2 amide bonds. The van der Waals surface area contributed by atoms with Gasteiger partial charge in [0, 0.05) is 24.6 Å². The Balaban J connectivity index is 1.62. The molecule has 2 aromatic carbocycles. The summed E-state index contributed by atoms with van der Waals surface area (Å²) in [6, 6.07) is 14.3. The van der Waals surface area contributed by atoms with Crippen LogP contribution in [0, 0.1) is 0 Å². The molecule has 1 heterocycles. The third kappa shape index (κ3) is 5.95. The van der Waals surface area contributed by atoms with E-state index in [2.05, 4.69) is 15.6 Å². The molecule has 8 nitrogen and oxygen atoms in total. The number of urea groups is 1. The van der Waals surface area contributed by atoms with Crippen molar-refractivity contribution in [1.29, 1.82) is 0 Å². The number of nitrogens with one attached hydrogen (secondary N) is 2. The lowest BCUT2D eigenvalue weighted by Gasteiger charge is -2.11. The molecule has 1 aromatic heterocycles. The molecule has 3 aromatic rings. The zero-order valence-electron chi connectivity index (χ0n) is 17.2. The fraction of sp³-hybridized carbons (Fsp3) is 0.182. The fourth-order valence-corrected chi connectivity index (χ4v) is 4.21. The summed E-state index contributed by atoms with van der Waals surface area (Å²) in [6.45, 7) is 0.331. The van der Waals surface area contributed by atoms with Gasteiger partial charge in [0.25, 0.3) is 0 Å². The van der Waals surface area contributed by atoms with Gasteiger partial charge in [-0.25, -0.2) is 13.2 Å². The number of aromatic nitrogens is 1. The van der Waals surface area contributed by atoms with Gasteiger partial charge in [-0.1, -0.05) is 12.1 Å². The van der Waals surface area contributed by atoms with Crippen LogP contribution in [0.5, 0.6) is 11.5 Å². The van der Waals surface area contributed by atoms with Crippen LogP contribution in [0.4, 0.5) is 10.5 Å². The van der Waals surface area contributed by atoms with E-state index in [9.17, 15) is 13.2 Å². The van der Waals surface area contributed by atoms with Crippen molar-refractivity contribution in [2.75, 3.05) is 19.5 Å². The van der Waals surface area contributed by atoms with E-state index < -0.39 is 15.9 Å². The third-order valence-electron chi connectivity index (χ3n) is 4.45. The van der Waals surface area contributed by atoms with Gasteiger partial charge in [-0.05, 0) is 53.6 Å². The molecule has 0 aliphatic carbocycles. The second-order valence-electron chi connectivity index (χ2n) is 6.64. The number of ether oxygens (including phenoxy) is 2. The van der Waals surface area contributed by atoms with E-state index in [1.165, 1.54) is 26.4 Å². The molecule has 2 N–H and O–H groups in total. The van der Waals surface area contributed by atoms with Crippen LogP contribution in [-0.2, 0) is 22.1 Å². The van der Waals surface area contributed by atoms with E-state index in [1.54, 1.807) is 48.8 Å². The number of rotatable bonds is 8. The Bertz CT molecular complexity index is 1130. The smallest absolute Gasteiger partial charge is 0.319 e. The van der Waals surface area contributed by atoms with Gasteiger partial charge in [0.05, 0.1) is 24.9 Å². The molecule has 9 heteroatoms. The highest BCUT2D eigenvalue weighted by molar-refractivity contribution is 7.90. The summed E-state index contributed by atoms with van der Waals surface area (Å²) in [4.78, 5) is 16.2. The summed E-state index contributed by atoms with van der Waals surface area (Å²) in [7, 11) is -0.569. The second-order valence-corrected chi connectivity index (χ2v) is 8.63. The predicted molar refractivity (Wildman–Crippen MR) is 117 cm³/mol. The molecule has 0 saturated heterocycles. The second kappa shape index (κ2) is 9.94. The molecule has 0 saturated carbocycles. The molecule has 31 heavy (non-hydrogen) atoms. The van der Waals surface area contributed by atoms with E-state index in [1.807, 2.05) is 6.07 Å². The van der Waals surface area contributed by atoms with Gasteiger partial charge in [-0.2, -0.15) is 0 Å². The maximum Gasteiger partial charge on any atom is 0.319 e. The van der Waals surface area contributed by atoms with E-state index in [0.29, 0.717) is 29.3 Å². The first kappa shape index (κ1) is 22.1. The quantitative estimate of drug-likeness (QED) is 0.555. The van der Waals surface area contributed by atoms with E-state index >= 15 is 0 Å². The summed E-state index contributed by atoms with van der Waals surface area (Å²) in [5.41, 5.74) is 1.93. The molecule has 0 atom stereocenters. The summed E-state index contributed by atoms with van der Waals surface area (Å²) >= 11 is 0. The molecule has 0 bridgehead atoms. The lowest BCUT2D eigenvalue weighted by Crippen LogP contribution is -2.28. The summed E-state index contributed by atoms with van der Waals surface area (Å²) in [5, 5.41) is 5.39. The van der Waals surface area contributed by atoms with E-state index in [-0.39, 0.29) is 10.6 Å². The molecule has 0 aliphatic heterocycles. The Labute approximate surface area is 181 Å². The van der Waals surface area contributed by atoms with Crippen LogP contribution in [0.1, 0.15) is 11.1 Å². The van der Waals surface area contributed by atoms with Crippen LogP contribution in [0.25, 0.3) is 0 Å². The number of nitrogens with zero attached hydrogens (tertiary/aromatic N) is 1. The molecule has 0 radical (unpaired) electrons. The number of carbonyl (C=O) groups is 1. The Morgan fingerprint density at radius 3 is 2.35 bits per heavy atom. The fourth-order valence-electron chi connectivity index (χ4n) is 2.88. The van der Waals surface area contributed by atoms with Gasteiger partial charge >= 0.3 is 6.03 Å². The van der Waals surface area contributed by atoms with E-state index in [4.69, 9.17) is 9.47 Å². The first-order valence-electron chi connectivity index (χ1n) is 9.39. The SMILES string of the molecule is COc1ccc(CS(=O)(=O)c2ccc(NC(=O)NCc3cccnc3)cc2)cc1OC. The summed E-state index contributed by atoms with van der Waals surface area (Å²) < 4.78 is 35.9. The van der Waals surface area contributed by atoms with Crippen LogP contribution in [0.2, 0.25) is 0 Å². The van der Waals surface area contributed by atoms with Crippen molar-refractivity contribution in [3.8, 4) is 11.5 Å². The molecular weight excluding hydrogens is 418 g/mol. The number of hydrogen-bond acceptors (Lipinski definition) is 6. The van der Waals surface area contributed by atoms with Gasteiger partial charge in [-0.3, -0.25) is 4.98 Å². The molecule has 3 rings (SSSR count). The minimum atomic E-state index is -3.58. The van der Waals surface area contributed by atoms with Gasteiger partial charge in [-0.15, -0.1) is 0 Å². The lowest BCUT2D eigenvalue weighted by molar-refractivity contribution is 0.251. The van der Waals surface area contributed by atoms with Crippen LogP contribution in [-0.4, -0.2) is 33.7 Å². The van der Waals surface area contributed by atoms with Crippen molar-refractivity contribution in [2.24, 2.45) is 0 Å². The number of hydrogen-bond donors (Lipinski definition) is 2. The Morgan fingerprint density at radius 1 is 0.968 bits per heavy atom. The van der Waals surface area contributed by atoms with Crippen molar-refractivity contribution < 1.29 is 22.7 Å². The monoisotopic (exact) mass is 441 g/mol. The van der Waals surface area contributed by atoms with Gasteiger partial charge < -0.3 is 20.1 Å². The van der Waals surface area contributed by atoms with Crippen molar-refractivity contribution >= 4 is 21.6 Å². The van der Waals surface area contributed by atoms with Gasteiger partial charge in [0.2, 0.25) is 0 Å². The number of sulfone groups is 1. The zero-order chi connectivity index (χ0) is 22.3. The van der Waals surface area contributed by atoms with Gasteiger partial charge in [0.15, 0.2) is 21.3 Å². The first-order chi connectivity index (χ1) is 14.9. The molecule has 0 spiro atoms. The van der Waals surface area contributed by atoms with Crippen molar-refractivity contribution in [3.63, 3.8) is 0 Å². The topological polar surface area (TPSA) is 107 Å². The van der Waals surface area contributed by atoms with Crippen molar-refractivity contribution in [2.45, 2.75) is 17.2 Å². The number of pyridine rings is 1. The van der Waals surface area contributed by atoms with Crippen molar-refractivity contribution in [1.82, 2.24) is 10.3 Å². The number of carbonyl (C=O) groups excluding carboxylic acids is 1. The Morgan fingerprint density at radius 2 is 1.71 bits per heavy atom. The first-order valence-corrected chi connectivity index (χ1v) is 11.0. The summed E-state index contributed by atoms with van der Waals surface area (Å²) in [5.74, 6) is 0.805. The van der Waals surface area contributed by atoms with Crippen LogP contribution in [0.3, 0.4) is 0 Å². The van der Waals surface area contributed by atoms with Gasteiger partial charge in [0.1, 0.15) is 0 Å². The molecule has 0 fully saturated rings. The minimum absolute atomic E-state index is 0.156. The highest BCUT2D eigenvalue weighted by atomic mass is 32.2. The number of anilines is 1. The predicted octanol–water partition coefficient (Wildman–Crippen LogP) is 3.39. The summed E-state index contributed by atoms with van der Waals surface area (Å²) in [6.07, 6.45) is 3.32. The third-order valence-corrected chi connectivity index (χ3v) is 6.16. The van der Waals surface area contributed by atoms with Crippen molar-refractivity contribution in [3.05, 3.63) is 78.1 Å². The van der Waals surface area contributed by atoms with E-state index in [0.717, 1.165) is 5.56 Å². The normalized spacial score (nSPS) is 10.9. The maximum atomic E-state index is 12.8. The Hall–Kier alpha value is -3.59. The largest absolute Gasteiger partial charge is 0.493 e. The molecular formula is C22H23N3O5S. The van der Waals surface area contributed by atoms with Crippen LogP contribution < -0.4 is 20.1 Å². The number of amides is 2. The highest BCUT2D eigenvalue weighted by Gasteiger charge is 2.17.